The van der Waals surface area contributed by atoms with Crippen molar-refractivity contribution in [2.75, 3.05) is 6.54 Å². The van der Waals surface area contributed by atoms with Crippen molar-refractivity contribution in [2.45, 2.75) is 64.6 Å². The molecular weight excluding hydrogens is 468 g/mol. The number of rotatable bonds is 9. The molecule has 180 valence electrons. The molecule has 1 aliphatic carbocycles. The van der Waals surface area contributed by atoms with Crippen LogP contribution < -0.4 is 5.32 Å². The highest BCUT2D eigenvalue weighted by Crippen LogP contribution is 2.21. The fourth-order valence-electron chi connectivity index (χ4n) is 4.41. The van der Waals surface area contributed by atoms with Crippen LogP contribution in [0.5, 0.6) is 0 Å². The molecule has 2 aromatic heterocycles. The second kappa shape index (κ2) is 11.7. The van der Waals surface area contributed by atoms with E-state index in [4.69, 9.17) is 11.6 Å². The smallest absolute Gasteiger partial charge is 0.270 e. The number of hydrogen-bond donors (Lipinski definition) is 1. The summed E-state index contributed by atoms with van der Waals surface area (Å²) in [4.78, 5) is 32.2. The topological polar surface area (TPSA) is 67.2 Å². The number of amides is 2. The van der Waals surface area contributed by atoms with Crippen LogP contribution in [0.3, 0.4) is 0 Å². The normalized spacial score (nSPS) is 14.2. The zero-order valence-electron chi connectivity index (χ0n) is 19.5. The monoisotopic (exact) mass is 498 g/mol. The quantitative estimate of drug-likeness (QED) is 0.407. The molecule has 0 saturated heterocycles. The first-order chi connectivity index (χ1) is 16.5. The second-order valence-electron chi connectivity index (χ2n) is 8.77. The van der Waals surface area contributed by atoms with Gasteiger partial charge in [-0.05, 0) is 43.5 Å². The number of nitrogens with zero attached hydrogens (tertiary/aromatic N) is 3. The van der Waals surface area contributed by atoms with Gasteiger partial charge in [0.2, 0.25) is 0 Å². The second-order valence-corrected chi connectivity index (χ2v) is 10.1. The molecule has 1 saturated carbocycles. The van der Waals surface area contributed by atoms with Crippen molar-refractivity contribution in [1.29, 1.82) is 0 Å². The third-order valence-electron chi connectivity index (χ3n) is 6.19. The van der Waals surface area contributed by atoms with Crippen LogP contribution in [0.4, 0.5) is 0 Å². The molecule has 2 heterocycles. The SMILES string of the molecule is CCCN(Cc1cccn1Cc1nc(C(=O)NC2CCCCC2)cs1)C(=O)c1ccccc1Cl. The Labute approximate surface area is 209 Å². The van der Waals surface area contributed by atoms with Crippen LogP contribution in [0.2, 0.25) is 5.02 Å². The van der Waals surface area contributed by atoms with Crippen LogP contribution in [0.25, 0.3) is 0 Å². The number of halogens is 1. The van der Waals surface area contributed by atoms with Gasteiger partial charge in [0.15, 0.2) is 0 Å². The number of thiazole rings is 1. The lowest BCUT2D eigenvalue weighted by molar-refractivity contribution is 0.0739. The van der Waals surface area contributed by atoms with Crippen molar-refractivity contribution in [1.82, 2.24) is 19.8 Å². The van der Waals surface area contributed by atoms with Gasteiger partial charge in [-0.2, -0.15) is 0 Å². The Hall–Kier alpha value is -2.64. The van der Waals surface area contributed by atoms with Crippen molar-refractivity contribution in [2.24, 2.45) is 0 Å². The number of hydrogen-bond acceptors (Lipinski definition) is 4. The van der Waals surface area contributed by atoms with E-state index in [0.717, 1.165) is 30.0 Å². The van der Waals surface area contributed by atoms with E-state index in [1.807, 2.05) is 40.7 Å². The van der Waals surface area contributed by atoms with E-state index in [0.29, 0.717) is 35.9 Å². The predicted octanol–water partition coefficient (Wildman–Crippen LogP) is 5.76. The molecule has 6 nitrogen and oxygen atoms in total. The lowest BCUT2D eigenvalue weighted by Crippen LogP contribution is -2.36. The molecule has 1 fully saturated rings. The minimum atomic E-state index is -0.0819. The van der Waals surface area contributed by atoms with E-state index >= 15 is 0 Å². The number of nitrogens with one attached hydrogen (secondary N) is 1. The summed E-state index contributed by atoms with van der Waals surface area (Å²) in [6, 6.07) is 11.4. The Morgan fingerprint density at radius 2 is 1.97 bits per heavy atom. The molecule has 3 aromatic rings. The average molecular weight is 499 g/mol. The summed E-state index contributed by atoms with van der Waals surface area (Å²) in [6.07, 6.45) is 8.56. The number of aromatic nitrogens is 2. The molecular formula is C26H31ClN4O2S. The highest BCUT2D eigenvalue weighted by atomic mass is 35.5. The maximum absolute atomic E-state index is 13.2. The molecule has 0 radical (unpaired) electrons. The minimum absolute atomic E-state index is 0.0730. The molecule has 0 spiro atoms. The average Bonchev–Trinajstić information content (AvgIpc) is 3.49. The van der Waals surface area contributed by atoms with E-state index in [2.05, 4.69) is 21.8 Å². The number of benzene rings is 1. The molecule has 0 atom stereocenters. The van der Waals surface area contributed by atoms with E-state index in [9.17, 15) is 9.59 Å². The molecule has 0 aliphatic heterocycles. The van der Waals surface area contributed by atoms with E-state index < -0.39 is 0 Å². The van der Waals surface area contributed by atoms with Crippen LogP contribution in [-0.4, -0.2) is 38.9 Å². The van der Waals surface area contributed by atoms with Gasteiger partial charge in [-0.15, -0.1) is 11.3 Å². The molecule has 8 heteroatoms. The Balaban J connectivity index is 1.42. The van der Waals surface area contributed by atoms with Gasteiger partial charge in [-0.1, -0.05) is 49.9 Å². The van der Waals surface area contributed by atoms with Gasteiger partial charge in [0, 0.05) is 29.9 Å². The van der Waals surface area contributed by atoms with Crippen LogP contribution >= 0.6 is 22.9 Å². The van der Waals surface area contributed by atoms with Gasteiger partial charge in [0.25, 0.3) is 11.8 Å². The van der Waals surface area contributed by atoms with Crippen molar-refractivity contribution in [3.05, 3.63) is 75.0 Å². The molecule has 0 bridgehead atoms. The lowest BCUT2D eigenvalue weighted by atomic mass is 9.95. The van der Waals surface area contributed by atoms with Crippen molar-refractivity contribution < 1.29 is 9.59 Å². The van der Waals surface area contributed by atoms with Crippen molar-refractivity contribution in [3.8, 4) is 0 Å². The van der Waals surface area contributed by atoms with Gasteiger partial charge in [-0.25, -0.2) is 4.98 Å². The summed E-state index contributed by atoms with van der Waals surface area (Å²) in [5.41, 5.74) is 2.02. The van der Waals surface area contributed by atoms with Gasteiger partial charge in [0.1, 0.15) is 10.7 Å². The van der Waals surface area contributed by atoms with Crippen LogP contribution in [0.1, 0.15) is 77.0 Å². The van der Waals surface area contributed by atoms with Crippen LogP contribution in [0, 0.1) is 0 Å². The maximum Gasteiger partial charge on any atom is 0.270 e. The lowest BCUT2D eigenvalue weighted by Gasteiger charge is -2.23. The van der Waals surface area contributed by atoms with E-state index in [1.165, 1.54) is 30.6 Å². The molecule has 1 N–H and O–H groups in total. The summed E-state index contributed by atoms with van der Waals surface area (Å²) >= 11 is 7.77. The Kier molecular flexibility index (Phi) is 8.40. The summed E-state index contributed by atoms with van der Waals surface area (Å²) < 4.78 is 2.09. The van der Waals surface area contributed by atoms with Gasteiger partial charge in [0.05, 0.1) is 23.7 Å². The highest BCUT2D eigenvalue weighted by molar-refractivity contribution is 7.09. The molecule has 1 aromatic carbocycles. The summed E-state index contributed by atoms with van der Waals surface area (Å²) in [5, 5.41) is 6.30. The first-order valence-corrected chi connectivity index (χ1v) is 13.2. The summed E-state index contributed by atoms with van der Waals surface area (Å²) in [7, 11) is 0. The molecule has 0 unspecified atom stereocenters. The largest absolute Gasteiger partial charge is 0.348 e. The standard InChI is InChI=1S/C26H31ClN4O2S/c1-2-14-31(26(33)21-12-6-7-13-22(21)27)16-20-11-8-15-30(20)17-24-29-23(18-34-24)25(32)28-19-9-4-3-5-10-19/h6-8,11-13,15,18-19H,2-5,9-10,14,16-17H2,1H3,(H,28,32). The molecule has 1 aliphatic rings. The van der Waals surface area contributed by atoms with Gasteiger partial charge >= 0.3 is 0 Å². The fraction of sp³-hybridized carbons (Fsp3) is 0.423. The zero-order chi connectivity index (χ0) is 23.9. The van der Waals surface area contributed by atoms with E-state index in [1.54, 1.807) is 12.1 Å². The third-order valence-corrected chi connectivity index (χ3v) is 7.35. The number of carbonyl (C=O) groups excluding carboxylic acids is 2. The summed E-state index contributed by atoms with van der Waals surface area (Å²) in [6.45, 7) is 3.73. The zero-order valence-corrected chi connectivity index (χ0v) is 21.1. The Morgan fingerprint density at radius 1 is 1.18 bits per heavy atom. The fourth-order valence-corrected chi connectivity index (χ4v) is 5.40. The maximum atomic E-state index is 13.2. The molecule has 34 heavy (non-hydrogen) atoms. The first-order valence-electron chi connectivity index (χ1n) is 12.0. The van der Waals surface area contributed by atoms with Crippen LogP contribution in [-0.2, 0) is 13.1 Å². The van der Waals surface area contributed by atoms with Gasteiger partial charge in [-0.3, -0.25) is 9.59 Å². The van der Waals surface area contributed by atoms with Crippen molar-refractivity contribution in [3.63, 3.8) is 0 Å². The van der Waals surface area contributed by atoms with E-state index in [-0.39, 0.29) is 17.9 Å². The predicted molar refractivity (Wildman–Crippen MR) is 136 cm³/mol. The summed E-state index contributed by atoms with van der Waals surface area (Å²) in [5.74, 6) is -0.155. The Bertz CT molecular complexity index is 1120. The minimum Gasteiger partial charge on any atom is -0.348 e. The van der Waals surface area contributed by atoms with Gasteiger partial charge < -0.3 is 14.8 Å². The third kappa shape index (κ3) is 6.07. The highest BCUT2D eigenvalue weighted by Gasteiger charge is 2.21. The molecule has 4 rings (SSSR count). The number of carbonyl (C=O) groups is 2. The van der Waals surface area contributed by atoms with Crippen molar-refractivity contribution >= 4 is 34.8 Å². The first kappa shape index (κ1) is 24.5. The van der Waals surface area contributed by atoms with Crippen LogP contribution in [0.15, 0.2) is 48.0 Å². The Morgan fingerprint density at radius 3 is 2.74 bits per heavy atom. The molecule has 2 amide bonds.